The molecule has 1 saturated carbocycles. The summed E-state index contributed by atoms with van der Waals surface area (Å²) in [4.78, 5) is 33.4. The first-order valence-corrected chi connectivity index (χ1v) is 13.4. The van der Waals surface area contributed by atoms with Crippen molar-refractivity contribution in [3.05, 3.63) is 58.4 Å². The lowest BCUT2D eigenvalue weighted by Gasteiger charge is -2.26. The lowest BCUT2D eigenvalue weighted by atomic mass is 9.95. The summed E-state index contributed by atoms with van der Waals surface area (Å²) < 4.78 is 1.86. The lowest BCUT2D eigenvalue weighted by Crippen LogP contribution is -2.29. The van der Waals surface area contributed by atoms with Crippen LogP contribution in [0.4, 0.5) is 11.4 Å². The van der Waals surface area contributed by atoms with Crippen molar-refractivity contribution in [3.8, 4) is 0 Å². The van der Waals surface area contributed by atoms with Gasteiger partial charge in [-0.1, -0.05) is 43.2 Å². The van der Waals surface area contributed by atoms with E-state index in [1.807, 2.05) is 41.8 Å². The van der Waals surface area contributed by atoms with E-state index in [2.05, 4.69) is 22.3 Å². The van der Waals surface area contributed by atoms with E-state index in [-0.39, 0.29) is 23.3 Å². The molecule has 1 aliphatic carbocycles. The quantitative estimate of drug-likeness (QED) is 0.374. The Morgan fingerprint density at radius 2 is 1.82 bits per heavy atom. The molecule has 1 aliphatic heterocycles. The van der Waals surface area contributed by atoms with Crippen LogP contribution < -0.4 is 15.8 Å². The van der Waals surface area contributed by atoms with Crippen LogP contribution in [0.1, 0.15) is 56.6 Å². The second-order valence-electron chi connectivity index (χ2n) is 9.41. The summed E-state index contributed by atoms with van der Waals surface area (Å²) in [7, 11) is 0. The molecule has 1 aromatic heterocycles. The third kappa shape index (κ3) is 4.85. The number of aryl methyl sites for hydroxylation is 1. The van der Waals surface area contributed by atoms with Gasteiger partial charge in [-0.2, -0.15) is 0 Å². The molecule has 6 nitrogen and oxygen atoms in total. The van der Waals surface area contributed by atoms with E-state index in [4.69, 9.17) is 4.98 Å². The summed E-state index contributed by atoms with van der Waals surface area (Å²) in [6.07, 6.45) is 7.92. The number of nitrogens with one attached hydrogen (secondary N) is 1. The van der Waals surface area contributed by atoms with Crippen molar-refractivity contribution < 1.29 is 4.79 Å². The van der Waals surface area contributed by atoms with Gasteiger partial charge in [0.2, 0.25) is 5.91 Å². The maximum Gasteiger partial charge on any atom is 0.262 e. The molecule has 0 bridgehead atoms. The van der Waals surface area contributed by atoms with Gasteiger partial charge in [-0.3, -0.25) is 14.2 Å². The van der Waals surface area contributed by atoms with Crippen LogP contribution in [0.25, 0.3) is 10.9 Å². The smallest absolute Gasteiger partial charge is 0.262 e. The molecular formula is C27H32N4O2S. The molecule has 1 amide bonds. The molecular weight excluding hydrogens is 444 g/mol. The zero-order chi connectivity index (χ0) is 23.5. The Labute approximate surface area is 204 Å². The fraction of sp³-hybridized carbons (Fsp3) is 0.444. The number of carbonyl (C=O) groups excluding carboxylic acids is 1. The molecule has 34 heavy (non-hydrogen) atoms. The topological polar surface area (TPSA) is 67.2 Å². The summed E-state index contributed by atoms with van der Waals surface area (Å²) in [6, 6.07) is 13.9. The number of aromatic nitrogens is 2. The molecule has 0 radical (unpaired) electrons. The van der Waals surface area contributed by atoms with Gasteiger partial charge in [0.15, 0.2) is 5.16 Å². The first-order chi connectivity index (χ1) is 16.6. The second-order valence-corrected chi connectivity index (χ2v) is 10.4. The minimum Gasteiger partial charge on any atom is -0.372 e. The molecule has 2 fully saturated rings. The van der Waals surface area contributed by atoms with Gasteiger partial charge in [-0.15, -0.1) is 0 Å². The Bertz CT molecular complexity index is 1240. The van der Waals surface area contributed by atoms with Crippen LogP contribution in [-0.4, -0.2) is 34.3 Å². The minimum absolute atomic E-state index is 0.00811. The predicted octanol–water partition coefficient (Wildman–Crippen LogP) is 5.54. The van der Waals surface area contributed by atoms with Crippen molar-refractivity contribution >= 4 is 39.9 Å². The van der Waals surface area contributed by atoms with Crippen LogP contribution in [-0.2, 0) is 4.79 Å². The van der Waals surface area contributed by atoms with Gasteiger partial charge in [-0.05, 0) is 68.5 Å². The maximum atomic E-state index is 13.4. The van der Waals surface area contributed by atoms with Crippen molar-refractivity contribution in [2.45, 2.75) is 63.1 Å². The molecule has 1 saturated heterocycles. The Hall–Kier alpha value is -2.80. The average Bonchev–Trinajstić information content (AvgIpc) is 3.40. The Kier molecular flexibility index (Phi) is 6.90. The van der Waals surface area contributed by atoms with E-state index < -0.39 is 0 Å². The van der Waals surface area contributed by atoms with Crippen LogP contribution >= 0.6 is 11.8 Å². The summed E-state index contributed by atoms with van der Waals surface area (Å²) in [5.41, 5.74) is 3.82. The normalized spacial score (nSPS) is 16.8. The fourth-order valence-corrected chi connectivity index (χ4v) is 6.03. The first-order valence-electron chi connectivity index (χ1n) is 12.4. The summed E-state index contributed by atoms with van der Waals surface area (Å²) in [5, 5.41) is 4.35. The first kappa shape index (κ1) is 23.0. The molecule has 0 atom stereocenters. The molecule has 5 rings (SSSR count). The van der Waals surface area contributed by atoms with E-state index in [9.17, 15) is 9.59 Å². The molecule has 0 unspecified atom stereocenters. The number of nitrogens with zero attached hydrogens (tertiary/aromatic N) is 3. The molecule has 2 aromatic carbocycles. The van der Waals surface area contributed by atoms with E-state index in [1.54, 1.807) is 0 Å². The molecule has 2 heterocycles. The predicted molar refractivity (Wildman–Crippen MR) is 140 cm³/mol. The minimum atomic E-state index is -0.0837. The van der Waals surface area contributed by atoms with Gasteiger partial charge < -0.3 is 10.2 Å². The van der Waals surface area contributed by atoms with Crippen LogP contribution in [0.15, 0.2) is 52.4 Å². The van der Waals surface area contributed by atoms with Crippen molar-refractivity contribution in [1.29, 1.82) is 0 Å². The van der Waals surface area contributed by atoms with Crippen molar-refractivity contribution in [2.75, 3.05) is 29.1 Å². The highest BCUT2D eigenvalue weighted by molar-refractivity contribution is 7.99. The van der Waals surface area contributed by atoms with Crippen LogP contribution in [0.5, 0.6) is 0 Å². The zero-order valence-electron chi connectivity index (χ0n) is 19.8. The van der Waals surface area contributed by atoms with Gasteiger partial charge in [0.25, 0.3) is 5.56 Å². The highest BCUT2D eigenvalue weighted by Crippen LogP contribution is 2.31. The van der Waals surface area contributed by atoms with Crippen LogP contribution in [0.2, 0.25) is 0 Å². The largest absolute Gasteiger partial charge is 0.372 e. The Morgan fingerprint density at radius 3 is 2.59 bits per heavy atom. The standard InChI is InChI=1S/C27H32N4O2S/c1-19-17-21(30-15-7-8-16-30)13-14-23(19)28-25(32)18-34-27-29-24-12-6-5-11-22(24)26(33)31(27)20-9-3-2-4-10-20/h5-6,11-14,17,20H,2-4,7-10,15-16,18H2,1H3,(H,28,32). The number of amides is 1. The molecule has 1 N–H and O–H groups in total. The number of hydrogen-bond acceptors (Lipinski definition) is 5. The monoisotopic (exact) mass is 476 g/mol. The third-order valence-electron chi connectivity index (χ3n) is 7.00. The SMILES string of the molecule is Cc1cc(N2CCCC2)ccc1NC(=O)CSc1nc2ccccc2c(=O)n1C1CCCCC1. The van der Waals surface area contributed by atoms with E-state index in [1.165, 1.54) is 36.7 Å². The average molecular weight is 477 g/mol. The maximum absolute atomic E-state index is 13.4. The number of anilines is 2. The lowest BCUT2D eigenvalue weighted by molar-refractivity contribution is -0.113. The Balaban J connectivity index is 1.33. The van der Waals surface area contributed by atoms with Crippen LogP contribution in [0.3, 0.4) is 0 Å². The Morgan fingerprint density at radius 1 is 1.06 bits per heavy atom. The molecule has 0 spiro atoms. The number of carbonyl (C=O) groups is 1. The van der Waals surface area contributed by atoms with Gasteiger partial charge in [0.1, 0.15) is 0 Å². The third-order valence-corrected chi connectivity index (χ3v) is 7.96. The molecule has 178 valence electrons. The number of rotatable bonds is 6. The van der Waals surface area contributed by atoms with Crippen molar-refractivity contribution in [2.24, 2.45) is 0 Å². The molecule has 3 aromatic rings. The number of hydrogen-bond donors (Lipinski definition) is 1. The van der Waals surface area contributed by atoms with E-state index in [0.29, 0.717) is 16.1 Å². The van der Waals surface area contributed by atoms with Gasteiger partial charge >= 0.3 is 0 Å². The molecule has 2 aliphatic rings. The fourth-order valence-electron chi connectivity index (χ4n) is 5.17. The summed E-state index contributed by atoms with van der Waals surface area (Å²) >= 11 is 1.36. The van der Waals surface area contributed by atoms with E-state index >= 15 is 0 Å². The van der Waals surface area contributed by atoms with Gasteiger partial charge in [-0.25, -0.2) is 4.98 Å². The van der Waals surface area contributed by atoms with Crippen molar-refractivity contribution in [1.82, 2.24) is 9.55 Å². The second kappa shape index (κ2) is 10.2. The van der Waals surface area contributed by atoms with E-state index in [0.717, 1.165) is 50.0 Å². The van der Waals surface area contributed by atoms with Crippen molar-refractivity contribution in [3.63, 3.8) is 0 Å². The number of para-hydroxylation sites is 1. The highest BCUT2D eigenvalue weighted by Gasteiger charge is 2.22. The highest BCUT2D eigenvalue weighted by atomic mass is 32.2. The van der Waals surface area contributed by atoms with Crippen LogP contribution in [0, 0.1) is 6.92 Å². The number of benzene rings is 2. The summed E-state index contributed by atoms with van der Waals surface area (Å²) in [5.74, 6) is 0.129. The number of thioether (sulfide) groups is 1. The molecule has 7 heteroatoms. The van der Waals surface area contributed by atoms with Gasteiger partial charge in [0, 0.05) is 30.5 Å². The zero-order valence-corrected chi connectivity index (χ0v) is 20.6. The van der Waals surface area contributed by atoms with Gasteiger partial charge in [0.05, 0.1) is 16.7 Å². The number of fused-ring (bicyclic) bond motifs is 1. The summed E-state index contributed by atoms with van der Waals surface area (Å²) in [6.45, 7) is 4.24.